The first-order chi connectivity index (χ1) is 20.1. The number of pyridine rings is 1. The quantitative estimate of drug-likeness (QED) is 0.166. The van der Waals surface area contributed by atoms with E-state index in [0.29, 0.717) is 23.0 Å². The predicted molar refractivity (Wildman–Crippen MR) is 136 cm³/mol. The molecule has 0 saturated carbocycles. The van der Waals surface area contributed by atoms with E-state index in [2.05, 4.69) is 0 Å². The van der Waals surface area contributed by atoms with Crippen molar-refractivity contribution in [2.45, 2.75) is 37.9 Å². The second kappa shape index (κ2) is 11.3. The molecule has 6 nitrogen and oxygen atoms in total. The van der Waals surface area contributed by atoms with Crippen molar-refractivity contribution in [2.24, 2.45) is 0 Å². The monoisotopic (exact) mass is 630 g/mol. The molecule has 0 saturated heterocycles. The molecule has 0 N–H and O–H groups in total. The van der Waals surface area contributed by atoms with Gasteiger partial charge in [0, 0.05) is 22.8 Å². The summed E-state index contributed by atoms with van der Waals surface area (Å²) >= 11 is 0. The van der Waals surface area contributed by atoms with Crippen LogP contribution in [0.5, 0.6) is 0 Å². The smallest absolute Gasteiger partial charge is 0.417 e. The second-order valence-electron chi connectivity index (χ2n) is 9.14. The van der Waals surface area contributed by atoms with Crippen molar-refractivity contribution >= 4 is 9.84 Å². The van der Waals surface area contributed by atoms with Crippen LogP contribution >= 0.6 is 0 Å². The standard InChI is InChI=1S/C28H18F8N2O4S/c1-3-16-23(31)22(25(33)26(24(16)32)43(40,41)4-2)14-7-21(42-12-14)20-9-18(28(34,35)36)17(10-37)27(39)38(20)11-13-5-6-15(29)8-19(13)30/h5-9,12H,3-4,11H2,1-2H3. The zero-order chi connectivity index (χ0) is 32.0. The lowest BCUT2D eigenvalue weighted by atomic mass is 10.0. The molecular formula is C28H18F8N2O4S. The molecule has 0 amide bonds. The number of benzene rings is 2. The van der Waals surface area contributed by atoms with Gasteiger partial charge < -0.3 is 4.42 Å². The summed E-state index contributed by atoms with van der Waals surface area (Å²) in [6.07, 6.45) is -5.02. The number of rotatable bonds is 7. The lowest BCUT2D eigenvalue weighted by molar-refractivity contribution is -0.137. The Morgan fingerprint density at radius 1 is 0.977 bits per heavy atom. The fraction of sp³-hybridized carbons (Fsp3) is 0.214. The molecule has 0 radical (unpaired) electrons. The molecule has 0 aliphatic heterocycles. The number of furan rings is 1. The third-order valence-corrected chi connectivity index (χ3v) is 8.35. The van der Waals surface area contributed by atoms with Crippen molar-refractivity contribution in [3.05, 3.63) is 98.3 Å². The molecular weight excluding hydrogens is 612 g/mol. The highest BCUT2D eigenvalue weighted by atomic mass is 32.2. The Morgan fingerprint density at radius 2 is 1.65 bits per heavy atom. The summed E-state index contributed by atoms with van der Waals surface area (Å²) in [6.45, 7) is 1.54. The number of hydrogen-bond donors (Lipinski definition) is 0. The molecule has 0 unspecified atom stereocenters. The SMILES string of the molecule is CCc1c(F)c(-c2coc(-c3cc(C(F)(F)F)c(C#N)c(=O)n3Cc3ccc(F)cc3F)c2)c(F)c(S(=O)(=O)CC)c1F. The topological polar surface area (TPSA) is 93.1 Å². The first kappa shape index (κ1) is 31.5. The Hall–Kier alpha value is -4.45. The fourth-order valence-corrected chi connectivity index (χ4v) is 5.49. The van der Waals surface area contributed by atoms with Gasteiger partial charge in [0.1, 0.15) is 34.0 Å². The minimum Gasteiger partial charge on any atom is -0.462 e. The molecule has 0 atom stereocenters. The first-order valence-corrected chi connectivity index (χ1v) is 13.9. The molecule has 226 valence electrons. The van der Waals surface area contributed by atoms with Crippen LogP contribution in [-0.4, -0.2) is 18.7 Å². The summed E-state index contributed by atoms with van der Waals surface area (Å²) in [5.41, 5.74) is -8.13. The van der Waals surface area contributed by atoms with Gasteiger partial charge in [0.15, 0.2) is 27.2 Å². The zero-order valence-corrected chi connectivity index (χ0v) is 22.9. The van der Waals surface area contributed by atoms with Crippen LogP contribution in [0.25, 0.3) is 22.6 Å². The maximum atomic E-state index is 15.5. The molecule has 2 aromatic heterocycles. The Bertz CT molecular complexity index is 1970. The highest BCUT2D eigenvalue weighted by molar-refractivity contribution is 7.91. The van der Waals surface area contributed by atoms with E-state index in [0.717, 1.165) is 31.2 Å². The van der Waals surface area contributed by atoms with Crippen molar-refractivity contribution in [3.63, 3.8) is 0 Å². The van der Waals surface area contributed by atoms with E-state index in [-0.39, 0.29) is 5.56 Å². The average molecular weight is 631 g/mol. The molecule has 4 rings (SSSR count). The Labute approximate surface area is 238 Å². The van der Waals surface area contributed by atoms with Gasteiger partial charge in [-0.3, -0.25) is 9.36 Å². The second-order valence-corrected chi connectivity index (χ2v) is 11.4. The van der Waals surface area contributed by atoms with Crippen LogP contribution in [0.2, 0.25) is 0 Å². The maximum absolute atomic E-state index is 15.5. The normalized spacial score (nSPS) is 12.0. The summed E-state index contributed by atoms with van der Waals surface area (Å²) in [7, 11) is -4.58. The molecule has 0 fully saturated rings. The lowest BCUT2D eigenvalue weighted by Gasteiger charge is -2.16. The van der Waals surface area contributed by atoms with Crippen molar-refractivity contribution in [2.75, 3.05) is 5.75 Å². The van der Waals surface area contributed by atoms with E-state index < -0.39 is 114 Å². The minimum atomic E-state index is -5.25. The molecule has 0 bridgehead atoms. The summed E-state index contributed by atoms with van der Waals surface area (Å²) in [4.78, 5) is 11.7. The molecule has 0 aliphatic rings. The van der Waals surface area contributed by atoms with Crippen LogP contribution in [0.15, 0.2) is 50.7 Å². The van der Waals surface area contributed by atoms with Gasteiger partial charge >= 0.3 is 6.18 Å². The number of nitriles is 1. The maximum Gasteiger partial charge on any atom is 0.417 e. The lowest BCUT2D eigenvalue weighted by Crippen LogP contribution is -2.29. The number of alkyl halides is 3. The zero-order valence-electron chi connectivity index (χ0n) is 22.0. The van der Waals surface area contributed by atoms with Crippen molar-refractivity contribution in [1.82, 2.24) is 4.57 Å². The molecule has 0 spiro atoms. The average Bonchev–Trinajstić information content (AvgIpc) is 3.39. The van der Waals surface area contributed by atoms with Crippen LogP contribution in [0, 0.1) is 40.4 Å². The number of hydrogen-bond acceptors (Lipinski definition) is 5. The van der Waals surface area contributed by atoms with Crippen molar-refractivity contribution in [3.8, 4) is 28.7 Å². The summed E-state index contributed by atoms with van der Waals surface area (Å²) in [5, 5.41) is 9.33. The van der Waals surface area contributed by atoms with Crippen LogP contribution in [0.3, 0.4) is 0 Å². The first-order valence-electron chi connectivity index (χ1n) is 12.3. The van der Waals surface area contributed by atoms with Crippen LogP contribution < -0.4 is 5.56 Å². The Balaban J connectivity index is 2.03. The number of aromatic nitrogens is 1. The summed E-state index contributed by atoms with van der Waals surface area (Å²) in [6, 6.07) is 4.42. The highest BCUT2D eigenvalue weighted by Gasteiger charge is 2.37. The number of nitrogens with zero attached hydrogens (tertiary/aromatic N) is 2. The van der Waals surface area contributed by atoms with Gasteiger partial charge in [-0.05, 0) is 24.6 Å². The third kappa shape index (κ3) is 5.54. The van der Waals surface area contributed by atoms with Gasteiger partial charge in [-0.1, -0.05) is 19.9 Å². The van der Waals surface area contributed by atoms with Crippen molar-refractivity contribution < 1.29 is 48.0 Å². The van der Waals surface area contributed by atoms with Crippen molar-refractivity contribution in [1.29, 1.82) is 5.26 Å². The largest absolute Gasteiger partial charge is 0.462 e. The van der Waals surface area contributed by atoms with Gasteiger partial charge in [-0.25, -0.2) is 30.4 Å². The van der Waals surface area contributed by atoms with Gasteiger partial charge in [-0.15, -0.1) is 0 Å². The molecule has 15 heteroatoms. The van der Waals surface area contributed by atoms with Gasteiger partial charge in [-0.2, -0.15) is 18.4 Å². The summed E-state index contributed by atoms with van der Waals surface area (Å²) < 4.78 is 146. The predicted octanol–water partition coefficient (Wildman–Crippen LogP) is 6.77. The van der Waals surface area contributed by atoms with E-state index in [4.69, 9.17) is 4.42 Å². The van der Waals surface area contributed by atoms with Gasteiger partial charge in [0.2, 0.25) is 0 Å². The molecule has 43 heavy (non-hydrogen) atoms. The van der Waals surface area contributed by atoms with E-state index in [1.807, 2.05) is 0 Å². The highest BCUT2D eigenvalue weighted by Crippen LogP contribution is 2.39. The number of halogens is 8. The Kier molecular flexibility index (Phi) is 8.29. The molecule has 4 aromatic rings. The van der Waals surface area contributed by atoms with Crippen LogP contribution in [-0.2, 0) is 29.0 Å². The van der Waals surface area contributed by atoms with E-state index in [9.17, 15) is 44.8 Å². The van der Waals surface area contributed by atoms with Gasteiger partial charge in [0.25, 0.3) is 5.56 Å². The van der Waals surface area contributed by atoms with E-state index in [1.165, 1.54) is 6.92 Å². The van der Waals surface area contributed by atoms with Crippen LogP contribution in [0.1, 0.15) is 36.1 Å². The Morgan fingerprint density at radius 3 is 2.21 bits per heavy atom. The van der Waals surface area contributed by atoms with E-state index >= 15 is 8.78 Å². The summed E-state index contributed by atoms with van der Waals surface area (Å²) in [5.74, 6) is -8.51. The number of sulfone groups is 1. The molecule has 2 heterocycles. The fourth-order valence-electron chi connectivity index (χ4n) is 4.43. The third-order valence-electron chi connectivity index (χ3n) is 6.61. The molecule has 0 aliphatic carbocycles. The molecule has 2 aromatic carbocycles. The van der Waals surface area contributed by atoms with Gasteiger partial charge in [0.05, 0.1) is 35.4 Å². The minimum absolute atomic E-state index is 0.325. The van der Waals surface area contributed by atoms with Crippen LogP contribution in [0.4, 0.5) is 35.1 Å². The van der Waals surface area contributed by atoms with E-state index in [1.54, 1.807) is 0 Å².